The Bertz CT molecular complexity index is 336. The molecule has 1 aromatic rings. The van der Waals surface area contributed by atoms with Gasteiger partial charge < -0.3 is 10.8 Å². The Morgan fingerprint density at radius 1 is 1.64 bits per heavy atom. The van der Waals surface area contributed by atoms with Crippen molar-refractivity contribution in [2.45, 2.75) is 32.7 Å². The molecule has 1 aromatic heterocycles. The third kappa shape index (κ3) is 2.10. The number of carbonyl (C=O) groups is 1. The lowest BCUT2D eigenvalue weighted by Gasteiger charge is -2.01. The van der Waals surface area contributed by atoms with Crippen molar-refractivity contribution in [3.8, 4) is 0 Å². The zero-order chi connectivity index (χ0) is 10.7. The van der Waals surface area contributed by atoms with Crippen LogP contribution in [0, 0.1) is 0 Å². The zero-order valence-corrected chi connectivity index (χ0v) is 9.10. The van der Waals surface area contributed by atoms with Crippen LogP contribution in [0.2, 0.25) is 0 Å². The maximum atomic E-state index is 10.8. The van der Waals surface area contributed by atoms with E-state index in [-0.39, 0.29) is 11.7 Å². The first kappa shape index (κ1) is 11.1. The molecule has 78 valence electrons. The largest absolute Gasteiger partial charge is 0.476 e. The highest BCUT2D eigenvalue weighted by molar-refractivity contribution is 7.12. The molecular weight excluding hydrogens is 200 g/mol. The van der Waals surface area contributed by atoms with Gasteiger partial charge in [0, 0.05) is 4.88 Å². The maximum absolute atomic E-state index is 10.8. The Labute approximate surface area is 86.8 Å². The molecule has 5 heteroatoms. The number of thiazole rings is 1. The van der Waals surface area contributed by atoms with Gasteiger partial charge in [-0.1, -0.05) is 13.8 Å². The van der Waals surface area contributed by atoms with E-state index >= 15 is 0 Å². The van der Waals surface area contributed by atoms with Crippen molar-refractivity contribution in [3.63, 3.8) is 0 Å². The predicted molar refractivity (Wildman–Crippen MR) is 55.7 cm³/mol. The Morgan fingerprint density at radius 2 is 2.29 bits per heavy atom. The predicted octanol–water partition coefficient (Wildman–Crippen LogP) is 1.81. The van der Waals surface area contributed by atoms with Gasteiger partial charge in [0.15, 0.2) is 5.69 Å². The van der Waals surface area contributed by atoms with Crippen LogP contribution in [0.3, 0.4) is 0 Å². The molecule has 0 aliphatic heterocycles. The van der Waals surface area contributed by atoms with Gasteiger partial charge >= 0.3 is 5.97 Å². The first-order chi connectivity index (χ1) is 6.60. The van der Waals surface area contributed by atoms with E-state index in [0.717, 1.165) is 16.3 Å². The molecular formula is C9H14N2O2S. The molecule has 0 aliphatic rings. The summed E-state index contributed by atoms with van der Waals surface area (Å²) < 4.78 is 0. The highest BCUT2D eigenvalue weighted by Gasteiger charge is 2.18. The number of aromatic carboxylic acids is 1. The molecule has 3 N–H and O–H groups in total. The Balaban J connectivity index is 3.06. The van der Waals surface area contributed by atoms with Crippen LogP contribution in [-0.2, 0) is 6.42 Å². The average molecular weight is 214 g/mol. The molecule has 0 aliphatic carbocycles. The first-order valence-corrected chi connectivity index (χ1v) is 5.40. The number of rotatable bonds is 4. The highest BCUT2D eigenvalue weighted by atomic mass is 32.1. The molecule has 0 radical (unpaired) electrons. The van der Waals surface area contributed by atoms with Crippen LogP contribution in [0.1, 0.15) is 46.7 Å². The fourth-order valence-corrected chi connectivity index (χ4v) is 2.19. The molecule has 0 saturated heterocycles. The van der Waals surface area contributed by atoms with Crippen molar-refractivity contribution < 1.29 is 9.90 Å². The van der Waals surface area contributed by atoms with Gasteiger partial charge in [-0.2, -0.15) is 0 Å². The number of hydrogen-bond donors (Lipinski definition) is 2. The van der Waals surface area contributed by atoms with Gasteiger partial charge in [0.1, 0.15) is 5.01 Å². The van der Waals surface area contributed by atoms with Crippen molar-refractivity contribution in [2.24, 2.45) is 5.73 Å². The molecule has 1 unspecified atom stereocenters. The van der Waals surface area contributed by atoms with Crippen LogP contribution in [0.15, 0.2) is 0 Å². The maximum Gasteiger partial charge on any atom is 0.355 e. The summed E-state index contributed by atoms with van der Waals surface area (Å²) in [5.74, 6) is -0.965. The van der Waals surface area contributed by atoms with Gasteiger partial charge in [0.05, 0.1) is 6.04 Å². The lowest BCUT2D eigenvalue weighted by atomic mass is 10.2. The quantitative estimate of drug-likeness (QED) is 0.801. The summed E-state index contributed by atoms with van der Waals surface area (Å²) in [6.07, 6.45) is 1.46. The van der Waals surface area contributed by atoms with Crippen LogP contribution < -0.4 is 5.73 Å². The standard InChI is InChI=1S/C9H14N2O2S/c1-3-5(10)8-11-7(9(12)13)6(4-2)14-8/h5H,3-4,10H2,1-2H3,(H,12,13). The summed E-state index contributed by atoms with van der Waals surface area (Å²) in [5, 5.41) is 9.59. The third-order valence-corrected chi connectivity index (χ3v) is 3.33. The van der Waals surface area contributed by atoms with Gasteiger partial charge in [0.2, 0.25) is 0 Å². The number of carboxylic acids is 1. The molecule has 14 heavy (non-hydrogen) atoms. The first-order valence-electron chi connectivity index (χ1n) is 4.58. The van der Waals surface area contributed by atoms with Gasteiger partial charge in [-0.3, -0.25) is 0 Å². The molecule has 0 spiro atoms. The van der Waals surface area contributed by atoms with Crippen LogP contribution in [0.5, 0.6) is 0 Å². The highest BCUT2D eigenvalue weighted by Crippen LogP contribution is 2.24. The fourth-order valence-electron chi connectivity index (χ4n) is 1.11. The number of nitrogens with two attached hydrogens (primary N) is 1. The zero-order valence-electron chi connectivity index (χ0n) is 8.28. The van der Waals surface area contributed by atoms with Crippen molar-refractivity contribution in [1.29, 1.82) is 0 Å². The number of hydrogen-bond acceptors (Lipinski definition) is 4. The summed E-state index contributed by atoms with van der Waals surface area (Å²) in [5.41, 5.74) is 5.95. The minimum Gasteiger partial charge on any atom is -0.476 e. The summed E-state index contributed by atoms with van der Waals surface area (Å²) in [4.78, 5) is 15.7. The van der Waals surface area contributed by atoms with Crippen LogP contribution >= 0.6 is 11.3 Å². The summed E-state index contributed by atoms with van der Waals surface area (Å²) in [7, 11) is 0. The van der Waals surface area contributed by atoms with Crippen molar-refractivity contribution in [3.05, 3.63) is 15.6 Å². The number of nitrogens with zero attached hydrogens (tertiary/aromatic N) is 1. The topological polar surface area (TPSA) is 76.2 Å². The van der Waals surface area contributed by atoms with E-state index in [0.29, 0.717) is 6.42 Å². The smallest absolute Gasteiger partial charge is 0.355 e. The SMILES string of the molecule is CCc1sc(C(N)CC)nc1C(=O)O. The van der Waals surface area contributed by atoms with Crippen LogP contribution in [0.4, 0.5) is 0 Å². The number of aryl methyl sites for hydroxylation is 1. The number of carboxylic acid groups (broad SMARTS) is 1. The molecule has 0 aromatic carbocycles. The fraction of sp³-hybridized carbons (Fsp3) is 0.556. The van der Waals surface area contributed by atoms with Crippen LogP contribution in [0.25, 0.3) is 0 Å². The molecule has 0 saturated carbocycles. The molecule has 0 amide bonds. The minimum atomic E-state index is -0.965. The average Bonchev–Trinajstić information content (AvgIpc) is 2.60. The lowest BCUT2D eigenvalue weighted by molar-refractivity contribution is 0.0690. The van der Waals surface area contributed by atoms with Gasteiger partial charge in [-0.05, 0) is 12.8 Å². The summed E-state index contributed by atoms with van der Waals surface area (Å²) in [6.45, 7) is 3.87. The molecule has 4 nitrogen and oxygen atoms in total. The van der Waals surface area contributed by atoms with E-state index in [2.05, 4.69) is 4.98 Å². The van der Waals surface area contributed by atoms with E-state index in [1.807, 2.05) is 13.8 Å². The molecule has 1 atom stereocenters. The summed E-state index contributed by atoms with van der Waals surface area (Å²) in [6, 6.07) is -0.140. The second kappa shape index (κ2) is 4.52. The van der Waals surface area contributed by atoms with E-state index in [1.165, 1.54) is 11.3 Å². The lowest BCUT2D eigenvalue weighted by Crippen LogP contribution is -2.09. The van der Waals surface area contributed by atoms with Gasteiger partial charge in [-0.25, -0.2) is 9.78 Å². The second-order valence-electron chi connectivity index (χ2n) is 3.00. The third-order valence-electron chi connectivity index (χ3n) is 1.99. The van der Waals surface area contributed by atoms with Crippen molar-refractivity contribution in [2.75, 3.05) is 0 Å². The number of aromatic nitrogens is 1. The van der Waals surface area contributed by atoms with Gasteiger partial charge in [0.25, 0.3) is 0 Å². The van der Waals surface area contributed by atoms with Crippen LogP contribution in [-0.4, -0.2) is 16.1 Å². The van der Waals surface area contributed by atoms with E-state index in [1.54, 1.807) is 0 Å². The summed E-state index contributed by atoms with van der Waals surface area (Å²) >= 11 is 1.40. The normalized spacial score (nSPS) is 12.8. The minimum absolute atomic E-state index is 0.140. The van der Waals surface area contributed by atoms with Crippen molar-refractivity contribution in [1.82, 2.24) is 4.98 Å². The van der Waals surface area contributed by atoms with Gasteiger partial charge in [-0.15, -0.1) is 11.3 Å². The molecule has 0 fully saturated rings. The Hall–Kier alpha value is -0.940. The van der Waals surface area contributed by atoms with E-state index < -0.39 is 5.97 Å². The Kier molecular flexibility index (Phi) is 3.60. The molecule has 0 bridgehead atoms. The second-order valence-corrected chi connectivity index (χ2v) is 4.11. The van der Waals surface area contributed by atoms with Crippen molar-refractivity contribution >= 4 is 17.3 Å². The monoisotopic (exact) mass is 214 g/mol. The molecule has 1 heterocycles. The molecule has 1 rings (SSSR count). The Morgan fingerprint density at radius 3 is 2.64 bits per heavy atom. The van der Waals surface area contributed by atoms with E-state index in [9.17, 15) is 4.79 Å². The van der Waals surface area contributed by atoms with E-state index in [4.69, 9.17) is 10.8 Å².